The van der Waals surface area contributed by atoms with E-state index in [4.69, 9.17) is 5.73 Å². The van der Waals surface area contributed by atoms with E-state index < -0.39 is 0 Å². The molecule has 1 heterocycles. The molecule has 1 amide bonds. The Bertz CT molecular complexity index is 1050. The molecule has 34 heavy (non-hydrogen) atoms. The number of carbonyl (C=O) groups excluding carboxylic acids is 1. The van der Waals surface area contributed by atoms with E-state index in [1.54, 1.807) is 12.1 Å². The first-order chi connectivity index (χ1) is 16.7. The number of nitrogens with one attached hydrogen (secondary N) is 1. The summed E-state index contributed by atoms with van der Waals surface area (Å²) in [5.41, 5.74) is 11.9. The lowest BCUT2D eigenvalue weighted by molar-refractivity contribution is -0.127. The van der Waals surface area contributed by atoms with Gasteiger partial charge >= 0.3 is 0 Å². The molecular weight excluding hydrogens is 425 g/mol. The smallest absolute Gasteiger partial charge is 0.237 e. The Balaban J connectivity index is 1.47. The molecule has 1 saturated heterocycles. The van der Waals surface area contributed by atoms with Crippen LogP contribution in [0.5, 0.6) is 0 Å². The first kappa shape index (κ1) is 23.9. The van der Waals surface area contributed by atoms with Crippen molar-refractivity contribution in [3.05, 3.63) is 113 Å². The zero-order valence-electron chi connectivity index (χ0n) is 19.4. The first-order valence-corrected chi connectivity index (χ1v) is 11.9. The molecule has 3 aromatic carbocycles. The number of nitrogens with two attached hydrogens (primary N) is 1. The largest absolute Gasteiger partial charge is 0.351 e. The molecule has 4 rings (SSSR count). The molecule has 5 heteroatoms. The van der Waals surface area contributed by atoms with Crippen LogP contribution in [0.15, 0.2) is 90.5 Å². The third-order valence-electron chi connectivity index (χ3n) is 6.44. The van der Waals surface area contributed by atoms with Gasteiger partial charge in [-0.15, -0.1) is 0 Å². The number of likely N-dealkylation sites (tertiary alicyclic amines) is 1. The number of carbonyl (C=O) groups is 1. The van der Waals surface area contributed by atoms with Crippen LogP contribution < -0.4 is 11.1 Å². The Labute approximate surface area is 201 Å². The van der Waals surface area contributed by atoms with Crippen LogP contribution in [0.3, 0.4) is 0 Å². The number of amides is 1. The van der Waals surface area contributed by atoms with Crippen LogP contribution in [-0.2, 0) is 11.3 Å². The molecule has 0 aromatic heterocycles. The molecule has 0 radical (unpaired) electrons. The van der Waals surface area contributed by atoms with E-state index in [0.29, 0.717) is 19.5 Å². The number of nitrogens with zero attached hydrogens (tertiary/aromatic N) is 1. The van der Waals surface area contributed by atoms with Crippen molar-refractivity contribution in [2.75, 3.05) is 19.6 Å². The molecule has 1 atom stereocenters. The summed E-state index contributed by atoms with van der Waals surface area (Å²) in [5.74, 6) is -0.299. The molecule has 0 saturated carbocycles. The monoisotopic (exact) mass is 457 g/mol. The number of hydrogen-bond donors (Lipinski definition) is 2. The van der Waals surface area contributed by atoms with Crippen LogP contribution in [0.1, 0.15) is 36.0 Å². The fourth-order valence-corrected chi connectivity index (χ4v) is 4.69. The van der Waals surface area contributed by atoms with Gasteiger partial charge in [0.1, 0.15) is 5.82 Å². The second-order valence-corrected chi connectivity index (χ2v) is 8.68. The van der Waals surface area contributed by atoms with Crippen molar-refractivity contribution in [2.24, 2.45) is 5.73 Å². The van der Waals surface area contributed by atoms with Gasteiger partial charge in [0, 0.05) is 19.6 Å². The molecule has 0 bridgehead atoms. The molecule has 3 aromatic rings. The van der Waals surface area contributed by atoms with Crippen molar-refractivity contribution in [3.63, 3.8) is 0 Å². The van der Waals surface area contributed by atoms with Gasteiger partial charge in [0.2, 0.25) is 5.91 Å². The SMILES string of the molecule is NCCC(C(=O)NCc1ccc(F)cc1)N1CCC(=C(c2ccccc2)c2ccccc2)CC1. The summed E-state index contributed by atoms with van der Waals surface area (Å²) in [4.78, 5) is 15.3. The quantitative estimate of drug-likeness (QED) is 0.513. The predicted octanol–water partition coefficient (Wildman–Crippen LogP) is 4.76. The van der Waals surface area contributed by atoms with E-state index >= 15 is 0 Å². The van der Waals surface area contributed by atoms with Gasteiger partial charge in [-0.1, -0.05) is 78.4 Å². The summed E-state index contributed by atoms with van der Waals surface area (Å²) >= 11 is 0. The molecule has 4 nitrogen and oxygen atoms in total. The number of rotatable bonds is 8. The second kappa shape index (κ2) is 11.7. The predicted molar refractivity (Wildman–Crippen MR) is 135 cm³/mol. The summed E-state index contributed by atoms with van der Waals surface area (Å²) in [7, 11) is 0. The fraction of sp³-hybridized carbons (Fsp3) is 0.276. The Morgan fingerprint density at radius 2 is 1.44 bits per heavy atom. The molecule has 1 aliphatic heterocycles. The van der Waals surface area contributed by atoms with Crippen LogP contribution in [0, 0.1) is 5.82 Å². The Morgan fingerprint density at radius 1 is 0.882 bits per heavy atom. The van der Waals surface area contributed by atoms with Crippen molar-refractivity contribution >= 4 is 11.5 Å². The standard InChI is InChI=1S/C29H32FN3O/c30-26-13-11-22(12-14-26)21-32-29(34)27(15-18-31)33-19-16-25(17-20-33)28(23-7-3-1-4-8-23)24-9-5-2-6-10-24/h1-14,27H,15-21,31H2,(H,32,34). The lowest BCUT2D eigenvalue weighted by atomic mass is 9.88. The molecular formula is C29H32FN3O. The number of piperidine rings is 1. The van der Waals surface area contributed by atoms with Crippen LogP contribution in [-0.4, -0.2) is 36.5 Å². The van der Waals surface area contributed by atoms with Gasteiger partial charge in [-0.2, -0.15) is 0 Å². The Hall–Kier alpha value is -3.28. The highest BCUT2D eigenvalue weighted by Gasteiger charge is 2.28. The molecule has 3 N–H and O–H groups in total. The van der Waals surface area contributed by atoms with Gasteiger partial charge in [-0.3, -0.25) is 9.69 Å². The van der Waals surface area contributed by atoms with Crippen LogP contribution in [0.25, 0.3) is 5.57 Å². The van der Waals surface area contributed by atoms with Crippen molar-refractivity contribution in [1.29, 1.82) is 0 Å². The zero-order chi connectivity index (χ0) is 23.8. The molecule has 0 aliphatic carbocycles. The number of halogens is 1. The van der Waals surface area contributed by atoms with E-state index in [1.807, 2.05) is 12.1 Å². The van der Waals surface area contributed by atoms with E-state index in [0.717, 1.165) is 31.5 Å². The highest BCUT2D eigenvalue weighted by atomic mass is 19.1. The highest BCUT2D eigenvalue weighted by molar-refractivity contribution is 5.83. The summed E-state index contributed by atoms with van der Waals surface area (Å²) in [6.45, 7) is 2.46. The van der Waals surface area contributed by atoms with Gasteiger partial charge in [0.05, 0.1) is 6.04 Å². The molecule has 1 fully saturated rings. The van der Waals surface area contributed by atoms with E-state index in [-0.39, 0.29) is 17.8 Å². The Kier molecular flexibility index (Phi) is 8.23. The van der Waals surface area contributed by atoms with Crippen molar-refractivity contribution in [1.82, 2.24) is 10.2 Å². The summed E-state index contributed by atoms with van der Waals surface area (Å²) < 4.78 is 13.2. The van der Waals surface area contributed by atoms with Gasteiger partial charge in [0.25, 0.3) is 0 Å². The maximum absolute atomic E-state index is 13.2. The summed E-state index contributed by atoms with van der Waals surface area (Å²) in [6.07, 6.45) is 2.43. The van der Waals surface area contributed by atoms with Gasteiger partial charge < -0.3 is 11.1 Å². The van der Waals surface area contributed by atoms with Gasteiger partial charge in [-0.25, -0.2) is 4.39 Å². The van der Waals surface area contributed by atoms with Crippen LogP contribution in [0.4, 0.5) is 4.39 Å². The minimum absolute atomic E-state index is 0.0199. The second-order valence-electron chi connectivity index (χ2n) is 8.68. The maximum atomic E-state index is 13.2. The normalized spacial score (nSPS) is 15.1. The maximum Gasteiger partial charge on any atom is 0.237 e. The zero-order valence-corrected chi connectivity index (χ0v) is 19.4. The van der Waals surface area contributed by atoms with Gasteiger partial charge in [-0.05, 0) is 60.2 Å². The Morgan fingerprint density at radius 3 is 1.97 bits per heavy atom. The van der Waals surface area contributed by atoms with E-state index in [9.17, 15) is 9.18 Å². The molecule has 0 spiro atoms. The highest BCUT2D eigenvalue weighted by Crippen LogP contribution is 2.32. The van der Waals surface area contributed by atoms with E-state index in [2.05, 4.69) is 58.7 Å². The minimum atomic E-state index is -0.279. The first-order valence-electron chi connectivity index (χ1n) is 11.9. The average Bonchev–Trinajstić information content (AvgIpc) is 2.89. The minimum Gasteiger partial charge on any atom is -0.351 e. The number of benzene rings is 3. The molecule has 1 aliphatic rings. The lowest BCUT2D eigenvalue weighted by Gasteiger charge is -2.35. The van der Waals surface area contributed by atoms with Crippen LogP contribution >= 0.6 is 0 Å². The van der Waals surface area contributed by atoms with Crippen LogP contribution in [0.2, 0.25) is 0 Å². The average molecular weight is 458 g/mol. The van der Waals surface area contributed by atoms with Gasteiger partial charge in [0.15, 0.2) is 0 Å². The lowest BCUT2D eigenvalue weighted by Crippen LogP contribution is -2.49. The summed E-state index contributed by atoms with van der Waals surface area (Å²) in [5, 5.41) is 3.02. The third kappa shape index (κ3) is 5.99. The fourth-order valence-electron chi connectivity index (χ4n) is 4.69. The van der Waals surface area contributed by atoms with Crippen molar-refractivity contribution in [2.45, 2.75) is 31.8 Å². The van der Waals surface area contributed by atoms with Crippen molar-refractivity contribution < 1.29 is 9.18 Å². The molecule has 176 valence electrons. The topological polar surface area (TPSA) is 58.4 Å². The molecule has 1 unspecified atom stereocenters. The number of hydrogen-bond acceptors (Lipinski definition) is 3. The third-order valence-corrected chi connectivity index (χ3v) is 6.44. The summed E-state index contributed by atoms with van der Waals surface area (Å²) in [6, 6.07) is 27.0. The van der Waals surface area contributed by atoms with Crippen molar-refractivity contribution in [3.8, 4) is 0 Å². The van der Waals surface area contributed by atoms with E-state index in [1.165, 1.54) is 34.4 Å².